The highest BCUT2D eigenvalue weighted by Gasteiger charge is 2.35. The van der Waals surface area contributed by atoms with E-state index in [9.17, 15) is 9.00 Å². The molecule has 1 saturated heterocycles. The summed E-state index contributed by atoms with van der Waals surface area (Å²) in [5.41, 5.74) is 1.15. The first-order chi connectivity index (χ1) is 9.95. The first-order valence-corrected chi connectivity index (χ1v) is 9.52. The van der Waals surface area contributed by atoms with Crippen molar-refractivity contribution in [2.75, 3.05) is 24.2 Å². The monoisotopic (exact) mass is 327 g/mol. The van der Waals surface area contributed by atoms with Gasteiger partial charge in [0.1, 0.15) is 0 Å². The Morgan fingerprint density at radius 3 is 2.86 bits per heavy atom. The average Bonchev–Trinajstić information content (AvgIpc) is 2.83. The molecule has 0 aromatic carbocycles. The molecule has 116 valence electrons. The summed E-state index contributed by atoms with van der Waals surface area (Å²) in [5.74, 6) is 0.550. The second kappa shape index (κ2) is 5.68. The first kappa shape index (κ1) is 15.0. The van der Waals surface area contributed by atoms with Crippen LogP contribution in [0.1, 0.15) is 37.3 Å². The molecule has 7 heteroatoms. The summed E-state index contributed by atoms with van der Waals surface area (Å²) in [4.78, 5) is 20.0. The van der Waals surface area contributed by atoms with Crippen molar-refractivity contribution in [3.63, 3.8) is 0 Å². The third-order valence-electron chi connectivity index (χ3n) is 4.08. The van der Waals surface area contributed by atoms with Crippen molar-refractivity contribution in [2.45, 2.75) is 44.3 Å². The molecule has 0 bridgehead atoms. The lowest BCUT2D eigenvalue weighted by Gasteiger charge is -2.36. The molecule has 0 unspecified atom stereocenters. The second-order valence-electron chi connectivity index (χ2n) is 6.26. The predicted octanol–water partition coefficient (Wildman–Crippen LogP) is 2.40. The van der Waals surface area contributed by atoms with E-state index in [0.717, 1.165) is 18.5 Å². The standard InChI is InChI=1S/C14H21N3O2S2/c1-14(2)9-17(7-8-21(14)19)13(18)16-12-15-10-5-3-4-6-11(10)20-12/h3-9H2,1-2H3,(H,15,16,18)/t21-/m0/s1. The van der Waals surface area contributed by atoms with Gasteiger partial charge in [0.05, 0.1) is 10.4 Å². The molecule has 2 heterocycles. The number of carbonyl (C=O) groups is 1. The Balaban J connectivity index is 1.66. The number of hydrogen-bond donors (Lipinski definition) is 1. The number of nitrogens with one attached hydrogen (secondary N) is 1. The van der Waals surface area contributed by atoms with E-state index in [1.807, 2.05) is 13.8 Å². The smallest absolute Gasteiger partial charge is 0.322 e. The highest BCUT2D eigenvalue weighted by Crippen LogP contribution is 2.30. The van der Waals surface area contributed by atoms with Crippen LogP contribution in [0.25, 0.3) is 0 Å². The van der Waals surface area contributed by atoms with Gasteiger partial charge in [-0.25, -0.2) is 9.78 Å². The fourth-order valence-corrected chi connectivity index (χ4v) is 5.11. The molecule has 21 heavy (non-hydrogen) atoms. The zero-order chi connectivity index (χ0) is 15.0. The molecule has 5 nitrogen and oxygen atoms in total. The Labute approximate surface area is 131 Å². The van der Waals surface area contributed by atoms with Crippen molar-refractivity contribution < 1.29 is 9.00 Å². The molecule has 1 aliphatic carbocycles. The van der Waals surface area contributed by atoms with Gasteiger partial charge in [-0.2, -0.15) is 0 Å². The Bertz CT molecular complexity index is 559. The first-order valence-electron chi connectivity index (χ1n) is 7.39. The zero-order valence-corrected chi connectivity index (χ0v) is 14.1. The molecule has 2 amide bonds. The molecule has 1 aromatic rings. The number of aromatic nitrogens is 1. The predicted molar refractivity (Wildman–Crippen MR) is 86.4 cm³/mol. The SMILES string of the molecule is CC1(C)CN(C(=O)Nc2nc3c(s2)CCCC3)CC[S@@]1=O. The molecule has 1 N–H and O–H groups in total. The number of carbonyl (C=O) groups excluding carboxylic acids is 1. The number of rotatable bonds is 1. The maximum Gasteiger partial charge on any atom is 0.323 e. The number of aryl methyl sites for hydroxylation is 2. The van der Waals surface area contributed by atoms with Gasteiger partial charge in [0.15, 0.2) is 5.13 Å². The van der Waals surface area contributed by atoms with Crippen molar-refractivity contribution in [3.8, 4) is 0 Å². The van der Waals surface area contributed by atoms with Gasteiger partial charge in [0, 0.05) is 34.5 Å². The number of nitrogens with zero attached hydrogens (tertiary/aromatic N) is 2. The fraction of sp³-hybridized carbons (Fsp3) is 0.714. The lowest BCUT2D eigenvalue weighted by molar-refractivity contribution is 0.207. The van der Waals surface area contributed by atoms with Gasteiger partial charge in [-0.15, -0.1) is 11.3 Å². The molecule has 0 saturated carbocycles. The molecule has 1 fully saturated rings. The van der Waals surface area contributed by atoms with E-state index in [2.05, 4.69) is 10.3 Å². The van der Waals surface area contributed by atoms with Crippen LogP contribution in [0.3, 0.4) is 0 Å². The van der Waals surface area contributed by atoms with Gasteiger partial charge in [-0.05, 0) is 39.5 Å². The van der Waals surface area contributed by atoms with Crippen LogP contribution >= 0.6 is 11.3 Å². The largest absolute Gasteiger partial charge is 0.323 e. The van der Waals surface area contributed by atoms with Crippen LogP contribution < -0.4 is 5.32 Å². The number of amides is 2. The van der Waals surface area contributed by atoms with E-state index in [-0.39, 0.29) is 10.8 Å². The molecule has 3 rings (SSSR count). The molecule has 0 spiro atoms. The summed E-state index contributed by atoms with van der Waals surface area (Å²) in [6.07, 6.45) is 4.51. The van der Waals surface area contributed by atoms with Crippen LogP contribution in [0.15, 0.2) is 0 Å². The van der Waals surface area contributed by atoms with Gasteiger partial charge >= 0.3 is 6.03 Å². The van der Waals surface area contributed by atoms with E-state index >= 15 is 0 Å². The van der Waals surface area contributed by atoms with E-state index in [0.29, 0.717) is 24.0 Å². The van der Waals surface area contributed by atoms with Gasteiger partial charge in [-0.1, -0.05) is 0 Å². The highest BCUT2D eigenvalue weighted by atomic mass is 32.2. The summed E-state index contributed by atoms with van der Waals surface area (Å²) >= 11 is 1.60. The normalized spacial score (nSPS) is 24.5. The second-order valence-corrected chi connectivity index (χ2v) is 9.55. The topological polar surface area (TPSA) is 62.3 Å². The molecule has 1 atom stereocenters. The summed E-state index contributed by atoms with van der Waals surface area (Å²) in [6, 6.07) is -0.120. The third kappa shape index (κ3) is 3.13. The Hall–Kier alpha value is -0.950. The Morgan fingerprint density at radius 1 is 1.38 bits per heavy atom. The minimum atomic E-state index is -0.863. The van der Waals surface area contributed by atoms with Crippen LogP contribution in [-0.4, -0.2) is 43.7 Å². The number of urea groups is 1. The highest BCUT2D eigenvalue weighted by molar-refractivity contribution is 7.86. The lowest BCUT2D eigenvalue weighted by Crippen LogP contribution is -2.53. The van der Waals surface area contributed by atoms with Gasteiger partial charge < -0.3 is 4.90 Å². The van der Waals surface area contributed by atoms with Crippen molar-refractivity contribution in [2.24, 2.45) is 0 Å². The minimum absolute atomic E-state index is 0.120. The number of fused-ring (bicyclic) bond motifs is 1. The molecular formula is C14H21N3O2S2. The van der Waals surface area contributed by atoms with E-state index in [1.165, 1.54) is 17.7 Å². The summed E-state index contributed by atoms with van der Waals surface area (Å²) < 4.78 is 11.6. The van der Waals surface area contributed by atoms with Crippen molar-refractivity contribution in [3.05, 3.63) is 10.6 Å². The van der Waals surface area contributed by atoms with Crippen LogP contribution in [-0.2, 0) is 23.6 Å². The van der Waals surface area contributed by atoms with Crippen LogP contribution in [0, 0.1) is 0 Å². The minimum Gasteiger partial charge on any atom is -0.322 e. The summed E-state index contributed by atoms with van der Waals surface area (Å²) in [6.45, 7) is 4.97. The van der Waals surface area contributed by atoms with E-state index < -0.39 is 10.8 Å². The number of thiazole rings is 1. The summed E-state index contributed by atoms with van der Waals surface area (Å²) in [5, 5.41) is 3.62. The molecule has 0 radical (unpaired) electrons. The average molecular weight is 327 g/mol. The van der Waals surface area contributed by atoms with Crippen molar-refractivity contribution in [1.82, 2.24) is 9.88 Å². The quantitative estimate of drug-likeness (QED) is 0.861. The van der Waals surface area contributed by atoms with Crippen molar-refractivity contribution in [1.29, 1.82) is 0 Å². The Morgan fingerprint density at radius 2 is 2.14 bits per heavy atom. The van der Waals surface area contributed by atoms with Crippen LogP contribution in [0.4, 0.5) is 9.93 Å². The summed E-state index contributed by atoms with van der Waals surface area (Å²) in [7, 11) is -0.863. The van der Waals surface area contributed by atoms with Crippen LogP contribution in [0.5, 0.6) is 0 Å². The molecular weight excluding hydrogens is 306 g/mol. The number of anilines is 1. The maximum atomic E-state index is 12.4. The maximum absolute atomic E-state index is 12.4. The number of hydrogen-bond acceptors (Lipinski definition) is 4. The van der Waals surface area contributed by atoms with E-state index in [1.54, 1.807) is 16.2 Å². The fourth-order valence-electron chi connectivity index (χ4n) is 2.83. The van der Waals surface area contributed by atoms with Gasteiger partial charge in [-0.3, -0.25) is 9.53 Å². The van der Waals surface area contributed by atoms with Gasteiger partial charge in [0.25, 0.3) is 0 Å². The third-order valence-corrected chi connectivity index (χ3v) is 7.07. The zero-order valence-electron chi connectivity index (χ0n) is 12.5. The van der Waals surface area contributed by atoms with Crippen molar-refractivity contribution >= 4 is 33.3 Å². The van der Waals surface area contributed by atoms with E-state index in [4.69, 9.17) is 0 Å². The Kier molecular flexibility index (Phi) is 4.05. The van der Waals surface area contributed by atoms with Crippen LogP contribution in [0.2, 0.25) is 0 Å². The van der Waals surface area contributed by atoms with Gasteiger partial charge in [0.2, 0.25) is 0 Å². The molecule has 1 aromatic heterocycles. The lowest BCUT2D eigenvalue weighted by atomic mass is 10.0. The molecule has 1 aliphatic heterocycles. The molecule has 2 aliphatic rings.